The van der Waals surface area contributed by atoms with Gasteiger partial charge in [-0.2, -0.15) is 4.90 Å². The van der Waals surface area contributed by atoms with Gasteiger partial charge in [0.2, 0.25) is 11.7 Å². The van der Waals surface area contributed by atoms with Crippen molar-refractivity contribution in [3.8, 4) is 0 Å². The van der Waals surface area contributed by atoms with Gasteiger partial charge in [-0.15, -0.1) is 0 Å². The van der Waals surface area contributed by atoms with E-state index >= 15 is 0 Å². The fourth-order valence-corrected chi connectivity index (χ4v) is 1.75. The number of carbonyl (C=O) groups is 5. The fraction of sp³-hybridized carbons (Fsp3) is 0.667. The predicted molar refractivity (Wildman–Crippen MR) is 99.5 cm³/mol. The van der Waals surface area contributed by atoms with Crippen molar-refractivity contribution in [2.45, 2.75) is 32.9 Å². The maximum Gasteiger partial charge on any atom is 0.347 e. The van der Waals surface area contributed by atoms with Crippen LogP contribution in [0, 0.1) is 5.92 Å². The molecule has 0 fully saturated rings. The highest BCUT2D eigenvalue weighted by Crippen LogP contribution is 2.01. The first-order valence-corrected chi connectivity index (χ1v) is 8.80. The third-order valence-corrected chi connectivity index (χ3v) is 3.46. The van der Waals surface area contributed by atoms with Gasteiger partial charge in [0.1, 0.15) is 0 Å². The molecule has 0 aromatic rings. The molecule has 0 radical (unpaired) electrons. The van der Waals surface area contributed by atoms with E-state index in [0.29, 0.717) is 0 Å². The molecule has 14 heteroatoms. The van der Waals surface area contributed by atoms with Crippen molar-refractivity contribution in [1.29, 1.82) is 0 Å². The lowest BCUT2D eigenvalue weighted by Gasteiger charge is -2.22. The van der Waals surface area contributed by atoms with Crippen molar-refractivity contribution in [2.24, 2.45) is 11.7 Å². The van der Waals surface area contributed by atoms with Gasteiger partial charge in [-0.05, 0) is 12.8 Å². The van der Waals surface area contributed by atoms with Crippen molar-refractivity contribution in [3.63, 3.8) is 0 Å². The monoisotopic (exact) mass is 419 g/mol. The van der Waals surface area contributed by atoms with E-state index in [0.717, 1.165) is 0 Å². The second kappa shape index (κ2) is 13.5. The molecular weight excluding hydrogens is 390 g/mol. The minimum atomic E-state index is -1.53. The molecule has 0 spiro atoms. The SMILES string of the molecule is CC(C)[C@H](N)C(=O)N[C@@H](C)C(=O)C(=O)N(C(=O)NNCCO)C(=O)NNCCO. The molecule has 0 bridgehead atoms. The molecular formula is C15H29N7O7. The van der Waals surface area contributed by atoms with E-state index in [4.69, 9.17) is 15.9 Å². The third-order valence-electron chi connectivity index (χ3n) is 3.46. The number of hydrogen-bond donors (Lipinski definition) is 8. The molecule has 0 heterocycles. The lowest BCUT2D eigenvalue weighted by atomic mass is 10.0. The van der Waals surface area contributed by atoms with Crippen LogP contribution in [-0.4, -0.2) is 83.2 Å². The maximum absolute atomic E-state index is 12.4. The molecule has 9 N–H and O–H groups in total. The summed E-state index contributed by atoms with van der Waals surface area (Å²) in [5, 5.41) is 19.6. The van der Waals surface area contributed by atoms with Crippen molar-refractivity contribution in [1.82, 2.24) is 31.9 Å². The molecule has 29 heavy (non-hydrogen) atoms. The smallest absolute Gasteiger partial charge is 0.347 e. The van der Waals surface area contributed by atoms with E-state index in [1.54, 1.807) is 13.8 Å². The van der Waals surface area contributed by atoms with Crippen LogP contribution in [0.5, 0.6) is 0 Å². The standard InChI is InChI=1S/C15H29N7O7/c1-8(2)10(16)12(26)19-9(3)11(25)13(27)22(14(28)20-17-4-6-23)15(29)21-18-5-7-24/h8-10,17-18,23-24H,4-7,16H2,1-3H3,(H,19,26)(H,20,28)(H,21,29)/t9-,10-/m0/s1. The number of aliphatic hydroxyl groups is 2. The lowest BCUT2D eigenvalue weighted by molar-refractivity contribution is -0.143. The Morgan fingerprint density at radius 2 is 1.34 bits per heavy atom. The van der Waals surface area contributed by atoms with E-state index in [1.807, 2.05) is 10.9 Å². The second-order valence-corrected chi connectivity index (χ2v) is 6.17. The van der Waals surface area contributed by atoms with Gasteiger partial charge in [0.15, 0.2) is 0 Å². The number of imide groups is 3. The third kappa shape index (κ3) is 8.93. The topological polar surface area (TPSA) is 215 Å². The summed E-state index contributed by atoms with van der Waals surface area (Å²) >= 11 is 0. The summed E-state index contributed by atoms with van der Waals surface area (Å²) in [4.78, 5) is 61.0. The number of amides is 6. The summed E-state index contributed by atoms with van der Waals surface area (Å²) in [5.74, 6) is -3.67. The summed E-state index contributed by atoms with van der Waals surface area (Å²) in [6.45, 7) is 3.70. The van der Waals surface area contributed by atoms with Crippen molar-refractivity contribution >= 4 is 29.7 Å². The van der Waals surface area contributed by atoms with E-state index < -0.39 is 41.7 Å². The number of nitrogens with two attached hydrogens (primary N) is 1. The van der Waals surface area contributed by atoms with Gasteiger partial charge in [0.25, 0.3) is 0 Å². The van der Waals surface area contributed by atoms with Crippen molar-refractivity contribution in [3.05, 3.63) is 0 Å². The average Bonchev–Trinajstić information content (AvgIpc) is 2.66. The summed E-state index contributed by atoms with van der Waals surface area (Å²) < 4.78 is 0. The van der Waals surface area contributed by atoms with Gasteiger partial charge >= 0.3 is 18.0 Å². The molecule has 0 aliphatic heterocycles. The number of carbonyl (C=O) groups excluding carboxylic acids is 5. The van der Waals surface area contributed by atoms with Gasteiger partial charge in [0, 0.05) is 13.1 Å². The van der Waals surface area contributed by atoms with Crippen LogP contribution in [-0.2, 0) is 14.4 Å². The number of rotatable bonds is 11. The first-order chi connectivity index (χ1) is 13.6. The molecule has 166 valence electrons. The highest BCUT2D eigenvalue weighted by atomic mass is 16.3. The van der Waals surface area contributed by atoms with Crippen LogP contribution in [0.25, 0.3) is 0 Å². The number of hydrogen-bond acceptors (Lipinski definition) is 10. The van der Waals surface area contributed by atoms with Crippen LogP contribution >= 0.6 is 0 Å². The quantitative estimate of drug-likeness (QED) is 0.0930. The Balaban J connectivity index is 5.28. The summed E-state index contributed by atoms with van der Waals surface area (Å²) in [5.41, 5.74) is 14.1. The number of urea groups is 2. The minimum absolute atomic E-state index is 0.0396. The second-order valence-electron chi connectivity index (χ2n) is 6.17. The zero-order valence-electron chi connectivity index (χ0n) is 16.5. The van der Waals surface area contributed by atoms with E-state index in [9.17, 15) is 24.0 Å². The van der Waals surface area contributed by atoms with Crippen LogP contribution in [0.4, 0.5) is 9.59 Å². The normalized spacial score (nSPS) is 12.7. The Morgan fingerprint density at radius 3 is 1.72 bits per heavy atom. The molecule has 0 rings (SSSR count). The Kier molecular flexibility index (Phi) is 12.3. The predicted octanol–water partition coefficient (Wildman–Crippen LogP) is -3.71. The van der Waals surface area contributed by atoms with E-state index in [-0.39, 0.29) is 37.1 Å². The number of nitrogens with zero attached hydrogens (tertiary/aromatic N) is 1. The molecule has 6 amide bonds. The molecule has 2 atom stereocenters. The first kappa shape index (κ1) is 26.4. The van der Waals surface area contributed by atoms with Crippen molar-refractivity contribution in [2.75, 3.05) is 26.3 Å². The number of Topliss-reactive ketones (excluding diaryl/α,β-unsaturated/α-hetero) is 1. The highest BCUT2D eigenvalue weighted by Gasteiger charge is 2.36. The highest BCUT2D eigenvalue weighted by molar-refractivity contribution is 6.43. The number of hydrazine groups is 2. The summed E-state index contributed by atoms with van der Waals surface area (Å²) in [7, 11) is 0. The zero-order valence-corrected chi connectivity index (χ0v) is 16.5. The van der Waals surface area contributed by atoms with Gasteiger partial charge in [-0.25, -0.2) is 20.4 Å². The summed E-state index contributed by atoms with van der Waals surface area (Å²) in [6.07, 6.45) is 0. The molecule has 0 aliphatic rings. The Hall–Kier alpha value is -2.65. The van der Waals surface area contributed by atoms with Crippen LogP contribution in [0.1, 0.15) is 20.8 Å². The zero-order chi connectivity index (χ0) is 22.6. The van der Waals surface area contributed by atoms with Gasteiger partial charge in [-0.1, -0.05) is 13.8 Å². The number of ketones is 1. The molecule has 0 saturated heterocycles. The lowest BCUT2D eigenvalue weighted by Crippen LogP contribution is -2.60. The molecule has 0 aliphatic carbocycles. The van der Waals surface area contributed by atoms with Gasteiger partial charge < -0.3 is 21.3 Å². The van der Waals surface area contributed by atoms with E-state index in [2.05, 4.69) is 16.2 Å². The van der Waals surface area contributed by atoms with Crippen LogP contribution < -0.4 is 32.8 Å². The van der Waals surface area contributed by atoms with Crippen molar-refractivity contribution < 1.29 is 34.2 Å². The largest absolute Gasteiger partial charge is 0.395 e. The fourth-order valence-electron chi connectivity index (χ4n) is 1.75. The number of aliphatic hydroxyl groups excluding tert-OH is 2. The van der Waals surface area contributed by atoms with E-state index in [1.165, 1.54) is 6.92 Å². The molecule has 0 aromatic carbocycles. The molecule has 0 unspecified atom stereocenters. The Morgan fingerprint density at radius 1 is 0.897 bits per heavy atom. The van der Waals surface area contributed by atoms with Gasteiger partial charge in [0.05, 0.1) is 25.3 Å². The molecule has 0 saturated carbocycles. The molecule has 14 nitrogen and oxygen atoms in total. The van der Waals surface area contributed by atoms with Crippen LogP contribution in [0.15, 0.2) is 0 Å². The Bertz CT molecular complexity index is 578. The average molecular weight is 419 g/mol. The van der Waals surface area contributed by atoms with Crippen LogP contribution in [0.3, 0.4) is 0 Å². The first-order valence-electron chi connectivity index (χ1n) is 8.80. The Labute approximate surface area is 167 Å². The maximum atomic E-state index is 12.4. The summed E-state index contributed by atoms with van der Waals surface area (Å²) in [6, 6.07) is -4.90. The molecule has 0 aromatic heterocycles. The minimum Gasteiger partial charge on any atom is -0.395 e. The van der Waals surface area contributed by atoms with Crippen LogP contribution in [0.2, 0.25) is 0 Å². The number of nitrogens with one attached hydrogen (secondary N) is 5. The van der Waals surface area contributed by atoms with Gasteiger partial charge in [-0.3, -0.25) is 25.2 Å².